The predicted octanol–water partition coefficient (Wildman–Crippen LogP) is 7.04. The molecule has 0 unspecified atom stereocenters. The number of nitriles is 1. The summed E-state index contributed by atoms with van der Waals surface area (Å²) in [5.41, 5.74) is 5.26. The molecule has 6 nitrogen and oxygen atoms in total. The average Bonchev–Trinajstić information content (AvgIpc) is 3.03. The molecule has 0 aliphatic rings. The van der Waals surface area contributed by atoms with Gasteiger partial charge < -0.3 is 15.0 Å². The number of aryl methyl sites for hydroxylation is 1. The molecule has 9 heteroatoms. The van der Waals surface area contributed by atoms with E-state index in [1.54, 1.807) is 42.1 Å². The van der Waals surface area contributed by atoms with Crippen molar-refractivity contribution < 1.29 is 23.1 Å². The van der Waals surface area contributed by atoms with Crippen LogP contribution in [0.2, 0.25) is 0 Å². The molecule has 1 amide bonds. The lowest BCUT2D eigenvalue weighted by atomic mass is 9.93. The molecule has 44 heavy (non-hydrogen) atoms. The third-order valence-electron chi connectivity index (χ3n) is 7.28. The van der Waals surface area contributed by atoms with E-state index in [0.717, 1.165) is 28.4 Å². The summed E-state index contributed by atoms with van der Waals surface area (Å²) in [6, 6.07) is 24.9. The van der Waals surface area contributed by atoms with Crippen LogP contribution in [0.15, 0.2) is 84.9 Å². The molecule has 4 aromatic carbocycles. The van der Waals surface area contributed by atoms with Gasteiger partial charge in [0.1, 0.15) is 17.7 Å². The Balaban J connectivity index is 1.74. The van der Waals surface area contributed by atoms with Crippen molar-refractivity contribution in [3.8, 4) is 17.2 Å². The van der Waals surface area contributed by atoms with Gasteiger partial charge in [-0.2, -0.15) is 17.0 Å². The van der Waals surface area contributed by atoms with E-state index < -0.39 is 29.6 Å². The van der Waals surface area contributed by atoms with Gasteiger partial charge in [-0.3, -0.25) is 4.79 Å². The van der Waals surface area contributed by atoms with E-state index in [2.05, 4.69) is 11.4 Å². The Morgan fingerprint density at radius 3 is 2.39 bits per heavy atom. The first-order valence-electron chi connectivity index (χ1n) is 14.0. The number of carbonyl (C=O) groups is 2. The van der Waals surface area contributed by atoms with Gasteiger partial charge in [-0.15, -0.1) is 0 Å². The number of methoxy groups -OCH3 is 1. The van der Waals surface area contributed by atoms with E-state index in [4.69, 9.17) is 4.74 Å². The smallest absolute Gasteiger partial charge is 0.328 e. The Bertz CT molecular complexity index is 1670. The van der Waals surface area contributed by atoms with Crippen LogP contribution in [-0.2, 0) is 22.6 Å². The number of ether oxygens (including phenoxy) is 1. The van der Waals surface area contributed by atoms with Crippen LogP contribution >= 0.6 is 11.8 Å². The van der Waals surface area contributed by atoms with Crippen molar-refractivity contribution in [2.75, 3.05) is 24.0 Å². The van der Waals surface area contributed by atoms with Gasteiger partial charge in [-0.25, -0.2) is 13.6 Å². The number of amides is 1. The zero-order chi connectivity index (χ0) is 31.6. The number of hydrogen-bond acceptors (Lipinski definition) is 6. The molecular formula is C35H33F2N3O3S. The standard InChI is InChI=1S/C35H33F2N3O3S/c1-23-6-4-5-7-29(23)31-18-25(10-15-30(31)34(41)39-33(16-17-44-3)35(42)43-2)21-40(28-13-8-24(20-38)9-14-28)22-26-11-12-27(36)19-32(26)37/h4-15,18-19,33H,16-17,21-22H2,1-3H3,(H,39,41)/t33-/m0/s1. The molecule has 0 aliphatic carbocycles. The summed E-state index contributed by atoms with van der Waals surface area (Å²) in [6.07, 6.45) is 2.35. The quantitative estimate of drug-likeness (QED) is 0.173. The highest BCUT2D eigenvalue weighted by molar-refractivity contribution is 7.98. The van der Waals surface area contributed by atoms with Crippen molar-refractivity contribution in [2.24, 2.45) is 0 Å². The van der Waals surface area contributed by atoms with Crippen LogP contribution in [0.3, 0.4) is 0 Å². The molecule has 226 valence electrons. The lowest BCUT2D eigenvalue weighted by Gasteiger charge is -2.26. The topological polar surface area (TPSA) is 82.4 Å². The second-order valence-electron chi connectivity index (χ2n) is 10.3. The van der Waals surface area contributed by atoms with E-state index >= 15 is 0 Å². The van der Waals surface area contributed by atoms with Gasteiger partial charge in [0.2, 0.25) is 0 Å². The number of nitrogens with zero attached hydrogens (tertiary/aromatic N) is 2. The highest BCUT2D eigenvalue weighted by atomic mass is 32.2. The zero-order valence-corrected chi connectivity index (χ0v) is 25.6. The normalized spacial score (nSPS) is 11.4. The number of benzene rings is 4. The number of esters is 1. The number of nitrogens with one attached hydrogen (secondary N) is 1. The largest absolute Gasteiger partial charge is 0.467 e. The third-order valence-corrected chi connectivity index (χ3v) is 7.92. The molecule has 0 aliphatic heterocycles. The van der Waals surface area contributed by atoms with Crippen molar-refractivity contribution in [3.05, 3.63) is 124 Å². The number of anilines is 1. The Kier molecular flexibility index (Phi) is 11.1. The van der Waals surface area contributed by atoms with Crippen LogP contribution < -0.4 is 10.2 Å². The number of halogens is 2. The van der Waals surface area contributed by atoms with Crippen molar-refractivity contribution in [1.29, 1.82) is 5.26 Å². The Labute approximate surface area is 260 Å². The van der Waals surface area contributed by atoms with E-state index in [-0.39, 0.29) is 6.54 Å². The van der Waals surface area contributed by atoms with E-state index in [0.29, 0.717) is 41.0 Å². The molecule has 0 bridgehead atoms. The minimum absolute atomic E-state index is 0.135. The molecule has 0 saturated heterocycles. The highest BCUT2D eigenvalue weighted by Gasteiger charge is 2.24. The SMILES string of the molecule is COC(=O)[C@H](CCSC)NC(=O)c1ccc(CN(Cc2ccc(F)cc2F)c2ccc(C#N)cc2)cc1-c1ccccc1C. The number of rotatable bonds is 12. The summed E-state index contributed by atoms with van der Waals surface area (Å²) in [5, 5.41) is 12.1. The molecule has 1 atom stereocenters. The molecule has 0 heterocycles. The fourth-order valence-electron chi connectivity index (χ4n) is 4.91. The van der Waals surface area contributed by atoms with Crippen LogP contribution in [0.25, 0.3) is 11.1 Å². The fourth-order valence-corrected chi connectivity index (χ4v) is 5.38. The van der Waals surface area contributed by atoms with Gasteiger partial charge in [0, 0.05) is 36.0 Å². The maximum atomic E-state index is 14.7. The molecule has 0 radical (unpaired) electrons. The summed E-state index contributed by atoms with van der Waals surface area (Å²) < 4.78 is 33.3. The van der Waals surface area contributed by atoms with Crippen LogP contribution in [0.5, 0.6) is 0 Å². The van der Waals surface area contributed by atoms with Gasteiger partial charge in [0.25, 0.3) is 5.91 Å². The van der Waals surface area contributed by atoms with Crippen molar-refractivity contribution >= 4 is 29.3 Å². The lowest BCUT2D eigenvalue weighted by Crippen LogP contribution is -2.42. The van der Waals surface area contributed by atoms with E-state index in [1.165, 1.54) is 19.2 Å². The maximum absolute atomic E-state index is 14.7. The maximum Gasteiger partial charge on any atom is 0.328 e. The zero-order valence-electron chi connectivity index (χ0n) is 24.8. The minimum atomic E-state index is -0.790. The highest BCUT2D eigenvalue weighted by Crippen LogP contribution is 2.30. The van der Waals surface area contributed by atoms with Crippen LogP contribution in [0.4, 0.5) is 14.5 Å². The summed E-state index contributed by atoms with van der Waals surface area (Å²) in [5.74, 6) is -1.55. The summed E-state index contributed by atoms with van der Waals surface area (Å²) in [6.45, 7) is 2.41. The van der Waals surface area contributed by atoms with Crippen LogP contribution in [-0.4, -0.2) is 37.0 Å². The van der Waals surface area contributed by atoms with E-state index in [9.17, 15) is 23.6 Å². The molecule has 0 fully saturated rings. The summed E-state index contributed by atoms with van der Waals surface area (Å²) >= 11 is 1.57. The molecule has 4 aromatic rings. The first kappa shape index (κ1) is 32.2. The molecule has 4 rings (SSSR count). The van der Waals surface area contributed by atoms with Gasteiger partial charge in [-0.1, -0.05) is 36.4 Å². The first-order valence-corrected chi connectivity index (χ1v) is 15.4. The number of hydrogen-bond donors (Lipinski definition) is 1. The first-order chi connectivity index (χ1) is 21.2. The number of carbonyl (C=O) groups excluding carboxylic acids is 2. The molecular weight excluding hydrogens is 580 g/mol. The van der Waals surface area contributed by atoms with Crippen molar-refractivity contribution in [3.63, 3.8) is 0 Å². The van der Waals surface area contributed by atoms with Crippen LogP contribution in [0.1, 0.15) is 39.0 Å². The van der Waals surface area contributed by atoms with Crippen LogP contribution in [0, 0.1) is 29.9 Å². The molecule has 1 N–H and O–H groups in total. The lowest BCUT2D eigenvalue weighted by molar-refractivity contribution is -0.142. The molecule has 0 aromatic heterocycles. The van der Waals surface area contributed by atoms with Gasteiger partial charge >= 0.3 is 5.97 Å². The minimum Gasteiger partial charge on any atom is -0.467 e. The van der Waals surface area contributed by atoms with E-state index in [1.807, 2.05) is 54.5 Å². The molecule has 0 spiro atoms. The average molecular weight is 614 g/mol. The van der Waals surface area contributed by atoms with Gasteiger partial charge in [0.05, 0.1) is 18.7 Å². The van der Waals surface area contributed by atoms with Gasteiger partial charge in [-0.05, 0) is 90.1 Å². The third kappa shape index (κ3) is 8.03. The number of thioether (sulfide) groups is 1. The van der Waals surface area contributed by atoms with Crippen molar-refractivity contribution in [1.82, 2.24) is 5.32 Å². The second kappa shape index (κ2) is 15.2. The predicted molar refractivity (Wildman–Crippen MR) is 170 cm³/mol. The monoisotopic (exact) mass is 613 g/mol. The van der Waals surface area contributed by atoms with Crippen molar-refractivity contribution in [2.45, 2.75) is 32.5 Å². The fraction of sp³-hybridized carbons (Fsp3) is 0.229. The van der Waals surface area contributed by atoms with Gasteiger partial charge in [0.15, 0.2) is 0 Å². The molecule has 0 saturated carbocycles. The Morgan fingerprint density at radius 2 is 1.73 bits per heavy atom. The second-order valence-corrected chi connectivity index (χ2v) is 11.3. The Morgan fingerprint density at radius 1 is 0.977 bits per heavy atom. The summed E-state index contributed by atoms with van der Waals surface area (Å²) in [7, 11) is 1.30. The summed E-state index contributed by atoms with van der Waals surface area (Å²) in [4.78, 5) is 28.0. The Hall–Kier alpha value is -4.68.